The molecule has 0 unspecified atom stereocenters. The molecule has 3 heterocycles. The van der Waals surface area contributed by atoms with E-state index < -0.39 is 84.4 Å². The molecule has 0 saturated carbocycles. The number of ketones is 1. The zero-order chi connectivity index (χ0) is 31.8. The Balaban J connectivity index is 1.53. The second kappa shape index (κ2) is 12.1. The SMILES string of the molecule is CCc1ccc(-c2cccnc2[C@@H](CC(=O)Cn2nc(C(F)F)c3c2C(F)(F)CCC3(F)F)Cc2cc(F)cc(F)c2)cn1. The van der Waals surface area contributed by atoms with E-state index in [-0.39, 0.29) is 16.7 Å². The Bertz CT molecular complexity index is 1650. The third kappa shape index (κ3) is 6.36. The molecule has 13 heteroatoms. The van der Waals surface area contributed by atoms with Crippen molar-refractivity contribution >= 4 is 5.78 Å². The number of hydrogen-bond acceptors (Lipinski definition) is 4. The van der Waals surface area contributed by atoms with Gasteiger partial charge in [0, 0.05) is 60.5 Å². The maximum atomic E-state index is 14.9. The fourth-order valence-electron chi connectivity index (χ4n) is 5.60. The zero-order valence-electron chi connectivity index (χ0n) is 23.3. The van der Waals surface area contributed by atoms with E-state index in [0.717, 1.165) is 17.8 Å². The van der Waals surface area contributed by atoms with Gasteiger partial charge in [-0.05, 0) is 42.7 Å². The number of aromatic nitrogens is 4. The number of Topliss-reactive ketones (excluding diaryl/α,β-unsaturated/α-hetero) is 1. The van der Waals surface area contributed by atoms with Gasteiger partial charge in [-0.2, -0.15) is 13.9 Å². The van der Waals surface area contributed by atoms with Gasteiger partial charge in [0.1, 0.15) is 29.6 Å². The van der Waals surface area contributed by atoms with Gasteiger partial charge in [-0.1, -0.05) is 19.1 Å². The van der Waals surface area contributed by atoms with Crippen LogP contribution in [0.1, 0.15) is 72.4 Å². The molecule has 1 aliphatic rings. The summed E-state index contributed by atoms with van der Waals surface area (Å²) < 4.78 is 115. The van der Waals surface area contributed by atoms with E-state index in [2.05, 4.69) is 15.1 Å². The van der Waals surface area contributed by atoms with Crippen molar-refractivity contribution in [3.8, 4) is 11.1 Å². The molecule has 3 aromatic heterocycles. The summed E-state index contributed by atoms with van der Waals surface area (Å²) >= 11 is 0. The van der Waals surface area contributed by atoms with Gasteiger partial charge < -0.3 is 0 Å². The predicted molar refractivity (Wildman–Crippen MR) is 143 cm³/mol. The minimum atomic E-state index is -3.99. The van der Waals surface area contributed by atoms with Crippen LogP contribution in [-0.2, 0) is 36.0 Å². The Labute approximate surface area is 247 Å². The van der Waals surface area contributed by atoms with Gasteiger partial charge in [0.25, 0.3) is 18.3 Å². The zero-order valence-corrected chi connectivity index (χ0v) is 23.3. The number of alkyl halides is 6. The number of carbonyl (C=O) groups excluding carboxylic acids is 1. The molecule has 4 aromatic rings. The van der Waals surface area contributed by atoms with Crippen LogP contribution in [0.4, 0.5) is 35.1 Å². The highest BCUT2D eigenvalue weighted by Gasteiger charge is 2.55. The third-order valence-corrected chi connectivity index (χ3v) is 7.58. The Kier molecular flexibility index (Phi) is 8.59. The van der Waals surface area contributed by atoms with Crippen LogP contribution in [0.5, 0.6) is 0 Å². The molecular formula is C31H26F8N4O. The second-order valence-corrected chi connectivity index (χ2v) is 10.7. The highest BCUT2D eigenvalue weighted by atomic mass is 19.3. The van der Waals surface area contributed by atoms with Gasteiger partial charge in [0.05, 0.1) is 11.3 Å². The van der Waals surface area contributed by atoms with Crippen LogP contribution in [0.25, 0.3) is 11.1 Å². The fraction of sp³-hybridized carbons (Fsp3) is 0.355. The van der Waals surface area contributed by atoms with E-state index in [1.54, 1.807) is 30.5 Å². The summed E-state index contributed by atoms with van der Waals surface area (Å²) in [5.74, 6) is -11.4. The molecule has 1 aliphatic carbocycles. The average Bonchev–Trinajstić information content (AvgIpc) is 3.37. The number of halogens is 8. The van der Waals surface area contributed by atoms with Crippen LogP contribution in [0.3, 0.4) is 0 Å². The summed E-state index contributed by atoms with van der Waals surface area (Å²) in [6.07, 6.45) is -3.12. The molecule has 0 radical (unpaired) electrons. The summed E-state index contributed by atoms with van der Waals surface area (Å²) in [6, 6.07) is 9.74. The summed E-state index contributed by atoms with van der Waals surface area (Å²) in [7, 11) is 0. The average molecular weight is 623 g/mol. The summed E-state index contributed by atoms with van der Waals surface area (Å²) in [4.78, 5) is 22.2. The number of rotatable bonds is 10. The van der Waals surface area contributed by atoms with Crippen molar-refractivity contribution in [2.45, 2.75) is 69.8 Å². The van der Waals surface area contributed by atoms with Gasteiger partial charge in [-0.15, -0.1) is 0 Å². The molecule has 232 valence electrons. The molecule has 5 rings (SSSR count). The second-order valence-electron chi connectivity index (χ2n) is 10.7. The van der Waals surface area contributed by atoms with Crippen LogP contribution in [0.15, 0.2) is 54.9 Å². The number of nitrogens with zero attached hydrogens (tertiary/aromatic N) is 4. The monoisotopic (exact) mass is 622 g/mol. The lowest BCUT2D eigenvalue weighted by atomic mass is 9.87. The van der Waals surface area contributed by atoms with Gasteiger partial charge >= 0.3 is 0 Å². The molecule has 44 heavy (non-hydrogen) atoms. The fourth-order valence-corrected chi connectivity index (χ4v) is 5.60. The maximum absolute atomic E-state index is 14.9. The van der Waals surface area contributed by atoms with Gasteiger partial charge in [-0.3, -0.25) is 19.4 Å². The van der Waals surface area contributed by atoms with Crippen molar-refractivity contribution < 1.29 is 39.9 Å². The normalized spacial score (nSPS) is 16.1. The molecule has 0 saturated heterocycles. The first-order valence-corrected chi connectivity index (χ1v) is 13.8. The van der Waals surface area contributed by atoms with Crippen LogP contribution < -0.4 is 0 Å². The molecule has 1 atom stereocenters. The summed E-state index contributed by atoms with van der Waals surface area (Å²) in [6.45, 7) is 0.916. The molecule has 0 aliphatic heterocycles. The van der Waals surface area contributed by atoms with E-state index in [0.29, 0.717) is 29.3 Å². The van der Waals surface area contributed by atoms with E-state index in [1.807, 2.05) is 6.92 Å². The van der Waals surface area contributed by atoms with Crippen molar-refractivity contribution in [1.29, 1.82) is 0 Å². The number of aryl methyl sites for hydroxylation is 1. The minimum absolute atomic E-state index is 0.126. The predicted octanol–water partition coefficient (Wildman–Crippen LogP) is 8.08. The lowest BCUT2D eigenvalue weighted by Gasteiger charge is -2.29. The first-order valence-electron chi connectivity index (χ1n) is 13.8. The van der Waals surface area contributed by atoms with Crippen molar-refractivity contribution in [3.63, 3.8) is 0 Å². The van der Waals surface area contributed by atoms with Gasteiger partial charge in [-0.25, -0.2) is 26.3 Å². The van der Waals surface area contributed by atoms with Gasteiger partial charge in [0.15, 0.2) is 5.78 Å². The maximum Gasteiger partial charge on any atom is 0.290 e. The van der Waals surface area contributed by atoms with Crippen molar-refractivity contribution in [2.24, 2.45) is 0 Å². The highest BCUT2D eigenvalue weighted by Crippen LogP contribution is 2.52. The minimum Gasteiger partial charge on any atom is -0.298 e. The van der Waals surface area contributed by atoms with E-state index in [1.165, 1.54) is 6.20 Å². The molecule has 0 N–H and O–H groups in total. The van der Waals surface area contributed by atoms with Crippen molar-refractivity contribution in [1.82, 2.24) is 19.7 Å². The molecule has 0 bridgehead atoms. The Morgan fingerprint density at radius 2 is 1.66 bits per heavy atom. The third-order valence-electron chi connectivity index (χ3n) is 7.58. The smallest absolute Gasteiger partial charge is 0.290 e. The molecular weight excluding hydrogens is 596 g/mol. The molecule has 1 aromatic carbocycles. The van der Waals surface area contributed by atoms with Crippen LogP contribution in [-0.4, -0.2) is 25.5 Å². The van der Waals surface area contributed by atoms with E-state index in [9.17, 15) is 39.9 Å². The first kappa shape index (κ1) is 31.3. The lowest BCUT2D eigenvalue weighted by Crippen LogP contribution is -2.33. The van der Waals surface area contributed by atoms with Gasteiger partial charge in [0.2, 0.25) is 0 Å². The first-order chi connectivity index (χ1) is 20.8. The number of pyridine rings is 2. The largest absolute Gasteiger partial charge is 0.298 e. The summed E-state index contributed by atoms with van der Waals surface area (Å²) in [5.41, 5.74) is -2.01. The Morgan fingerprint density at radius 3 is 2.30 bits per heavy atom. The number of carbonyl (C=O) groups is 1. The number of hydrogen-bond donors (Lipinski definition) is 0. The number of fused-ring (bicyclic) bond motifs is 1. The Hall–Kier alpha value is -4.16. The highest BCUT2D eigenvalue weighted by molar-refractivity contribution is 5.80. The quantitative estimate of drug-likeness (QED) is 0.168. The molecule has 0 spiro atoms. The Morgan fingerprint density at radius 1 is 0.955 bits per heavy atom. The lowest BCUT2D eigenvalue weighted by molar-refractivity contribution is -0.121. The van der Waals surface area contributed by atoms with Crippen molar-refractivity contribution in [2.75, 3.05) is 0 Å². The standard InChI is InChI=1S/C31H26F8N4O/c1-2-22-6-5-18(15-41-22)24-4-3-9-40-26(24)19(10-17-11-20(32)14-21(33)12-17)13-23(44)16-43-28-25(27(42-43)29(34)35)30(36,37)7-8-31(28,38)39/h3-6,9,11-12,14-15,19,29H,2,7-8,10,13,16H2,1H3/t19-/m1/s1. The van der Waals surface area contributed by atoms with Crippen LogP contribution >= 0.6 is 0 Å². The van der Waals surface area contributed by atoms with E-state index in [4.69, 9.17) is 0 Å². The number of benzene rings is 1. The summed E-state index contributed by atoms with van der Waals surface area (Å²) in [5, 5.41) is 3.35. The molecule has 0 fully saturated rings. The topological polar surface area (TPSA) is 60.7 Å². The molecule has 5 nitrogen and oxygen atoms in total. The van der Waals surface area contributed by atoms with E-state index >= 15 is 0 Å². The van der Waals surface area contributed by atoms with Crippen LogP contribution in [0.2, 0.25) is 0 Å². The van der Waals surface area contributed by atoms with Crippen molar-refractivity contribution in [3.05, 3.63) is 100 Å². The van der Waals surface area contributed by atoms with Crippen LogP contribution in [0, 0.1) is 11.6 Å². The molecule has 0 amide bonds.